The Morgan fingerprint density at radius 3 is 1.64 bits per heavy atom. The normalized spacial score (nSPS) is 10.2. The maximum absolute atomic E-state index is 12.4. The number of carbonyl (C=O) groups excluding carboxylic acids is 3. The highest BCUT2D eigenvalue weighted by Gasteiger charge is 2.31. The molecule has 0 bridgehead atoms. The lowest BCUT2D eigenvalue weighted by atomic mass is 10.1. The molecule has 0 amide bonds. The number of esters is 3. The Kier molecular flexibility index (Phi) is 6.71. The van der Waals surface area contributed by atoms with Crippen LogP contribution in [0, 0.1) is 5.92 Å². The Morgan fingerprint density at radius 1 is 0.800 bits per heavy atom. The molecule has 0 saturated heterocycles. The largest absolute Gasteiger partial charge is 0.466 e. The molecule has 0 saturated carbocycles. The fraction of sp³-hybridized carbons (Fsp3) is 0.211. The molecule has 0 aromatic heterocycles. The third-order valence-corrected chi connectivity index (χ3v) is 3.20. The number of hydrogen-bond donors (Lipinski definition) is 0. The lowest BCUT2D eigenvalue weighted by molar-refractivity contribution is -0.154. The van der Waals surface area contributed by atoms with E-state index in [1.165, 1.54) is 6.92 Å². The van der Waals surface area contributed by atoms with Crippen molar-refractivity contribution in [3.05, 3.63) is 60.7 Å². The van der Waals surface area contributed by atoms with Gasteiger partial charge in [0, 0.05) is 13.3 Å². The molecule has 0 N–H and O–H groups in total. The summed E-state index contributed by atoms with van der Waals surface area (Å²) in [5, 5.41) is 0. The first-order valence-corrected chi connectivity index (χ1v) is 7.73. The fourth-order valence-corrected chi connectivity index (χ4v) is 2.00. The zero-order valence-corrected chi connectivity index (χ0v) is 13.7. The van der Waals surface area contributed by atoms with Crippen molar-refractivity contribution in [3.63, 3.8) is 0 Å². The molecule has 130 valence electrons. The molecule has 0 radical (unpaired) electrons. The van der Waals surface area contributed by atoms with Crippen LogP contribution in [0.4, 0.5) is 0 Å². The summed E-state index contributed by atoms with van der Waals surface area (Å²) in [6.45, 7) is 1.16. The van der Waals surface area contributed by atoms with E-state index >= 15 is 0 Å². The van der Waals surface area contributed by atoms with Gasteiger partial charge in [0.05, 0.1) is 6.61 Å². The van der Waals surface area contributed by atoms with Crippen LogP contribution in [0.3, 0.4) is 0 Å². The van der Waals surface area contributed by atoms with Gasteiger partial charge in [0.25, 0.3) is 0 Å². The van der Waals surface area contributed by atoms with Gasteiger partial charge in [-0.15, -0.1) is 0 Å². The summed E-state index contributed by atoms with van der Waals surface area (Å²) in [6.07, 6.45) is -0.0308. The molecule has 0 spiro atoms. The lowest BCUT2D eigenvalue weighted by Crippen LogP contribution is -2.32. The third kappa shape index (κ3) is 6.10. The average Bonchev–Trinajstić information content (AvgIpc) is 2.60. The predicted molar refractivity (Wildman–Crippen MR) is 88.9 cm³/mol. The Morgan fingerprint density at radius 2 is 1.24 bits per heavy atom. The van der Waals surface area contributed by atoms with Crippen molar-refractivity contribution < 1.29 is 28.6 Å². The van der Waals surface area contributed by atoms with E-state index in [2.05, 4.69) is 0 Å². The Labute approximate surface area is 145 Å². The summed E-state index contributed by atoms with van der Waals surface area (Å²) >= 11 is 0. The molecule has 6 heteroatoms. The maximum atomic E-state index is 12.4. The monoisotopic (exact) mass is 342 g/mol. The first kappa shape index (κ1) is 18.2. The first-order valence-electron chi connectivity index (χ1n) is 7.73. The van der Waals surface area contributed by atoms with Crippen molar-refractivity contribution in [2.75, 3.05) is 6.61 Å². The Bertz CT molecular complexity index is 658. The third-order valence-electron chi connectivity index (χ3n) is 3.20. The van der Waals surface area contributed by atoms with E-state index in [0.717, 1.165) is 0 Å². The molecular weight excluding hydrogens is 324 g/mol. The van der Waals surface area contributed by atoms with Gasteiger partial charge in [-0.3, -0.25) is 14.4 Å². The van der Waals surface area contributed by atoms with Crippen molar-refractivity contribution >= 4 is 17.9 Å². The van der Waals surface area contributed by atoms with Crippen LogP contribution in [-0.4, -0.2) is 24.5 Å². The van der Waals surface area contributed by atoms with Crippen LogP contribution in [0.25, 0.3) is 0 Å². The maximum Gasteiger partial charge on any atom is 0.325 e. The minimum atomic E-state index is -1.21. The first-order chi connectivity index (χ1) is 12.1. The van der Waals surface area contributed by atoms with Crippen molar-refractivity contribution in [1.29, 1.82) is 0 Å². The molecule has 0 aliphatic carbocycles. The van der Waals surface area contributed by atoms with Gasteiger partial charge in [-0.05, 0) is 24.3 Å². The molecule has 2 aromatic carbocycles. The van der Waals surface area contributed by atoms with E-state index in [1.807, 2.05) is 0 Å². The van der Waals surface area contributed by atoms with Gasteiger partial charge in [0.15, 0.2) is 5.92 Å². The van der Waals surface area contributed by atoms with Gasteiger partial charge in [0.2, 0.25) is 0 Å². The predicted octanol–water partition coefficient (Wildman–Crippen LogP) is 2.77. The van der Waals surface area contributed by atoms with E-state index in [-0.39, 0.29) is 13.0 Å². The van der Waals surface area contributed by atoms with Crippen molar-refractivity contribution in [3.8, 4) is 11.5 Å². The van der Waals surface area contributed by atoms with Gasteiger partial charge in [-0.2, -0.15) is 0 Å². The average molecular weight is 342 g/mol. The SMILES string of the molecule is CC(=O)OCCC(C(=O)Oc1ccccc1)C(=O)Oc1ccccc1. The molecule has 25 heavy (non-hydrogen) atoms. The summed E-state index contributed by atoms with van der Waals surface area (Å²) in [7, 11) is 0. The van der Waals surface area contributed by atoms with Gasteiger partial charge < -0.3 is 14.2 Å². The molecule has 0 atom stereocenters. The molecule has 2 rings (SSSR count). The number of carbonyl (C=O) groups is 3. The van der Waals surface area contributed by atoms with Gasteiger partial charge >= 0.3 is 17.9 Å². The number of ether oxygens (including phenoxy) is 3. The van der Waals surface area contributed by atoms with Gasteiger partial charge in [-0.1, -0.05) is 36.4 Å². The second kappa shape index (κ2) is 9.22. The molecule has 0 heterocycles. The fourth-order valence-electron chi connectivity index (χ4n) is 2.00. The molecule has 0 aliphatic heterocycles. The van der Waals surface area contributed by atoms with E-state index in [9.17, 15) is 14.4 Å². The minimum Gasteiger partial charge on any atom is -0.466 e. The number of rotatable bonds is 7. The van der Waals surface area contributed by atoms with Gasteiger partial charge in [0.1, 0.15) is 11.5 Å². The van der Waals surface area contributed by atoms with Crippen LogP contribution < -0.4 is 9.47 Å². The molecule has 0 aliphatic rings. The quantitative estimate of drug-likeness (QED) is 0.437. The van der Waals surface area contributed by atoms with E-state index in [4.69, 9.17) is 14.2 Å². The van der Waals surface area contributed by atoms with Crippen LogP contribution in [0.5, 0.6) is 11.5 Å². The standard InChI is InChI=1S/C19H18O6/c1-14(20)23-13-12-17(18(21)24-15-8-4-2-5-9-15)19(22)25-16-10-6-3-7-11-16/h2-11,17H,12-13H2,1H3. The van der Waals surface area contributed by atoms with Gasteiger partial charge in [-0.25, -0.2) is 0 Å². The molecule has 0 unspecified atom stereocenters. The van der Waals surface area contributed by atoms with E-state index in [0.29, 0.717) is 11.5 Å². The van der Waals surface area contributed by atoms with E-state index < -0.39 is 23.8 Å². The summed E-state index contributed by atoms with van der Waals surface area (Å²) in [4.78, 5) is 35.6. The second-order valence-electron chi connectivity index (χ2n) is 5.15. The molecule has 6 nitrogen and oxygen atoms in total. The van der Waals surface area contributed by atoms with Crippen LogP contribution in [-0.2, 0) is 19.1 Å². The lowest BCUT2D eigenvalue weighted by Gasteiger charge is -2.15. The number of benzene rings is 2. The van der Waals surface area contributed by atoms with Crippen molar-refractivity contribution in [2.45, 2.75) is 13.3 Å². The topological polar surface area (TPSA) is 78.9 Å². The highest BCUT2D eigenvalue weighted by molar-refractivity contribution is 5.96. The van der Waals surface area contributed by atoms with Crippen LogP contribution in [0.2, 0.25) is 0 Å². The summed E-state index contributed by atoms with van der Waals surface area (Å²) in [6, 6.07) is 16.8. The Hall–Kier alpha value is -3.15. The number of hydrogen-bond acceptors (Lipinski definition) is 6. The minimum absolute atomic E-state index is 0.0308. The van der Waals surface area contributed by atoms with Crippen LogP contribution in [0.1, 0.15) is 13.3 Å². The summed E-state index contributed by atoms with van der Waals surface area (Å²) in [5.74, 6) is -2.60. The zero-order chi connectivity index (χ0) is 18.1. The highest BCUT2D eigenvalue weighted by Crippen LogP contribution is 2.17. The van der Waals surface area contributed by atoms with Crippen molar-refractivity contribution in [2.24, 2.45) is 5.92 Å². The van der Waals surface area contributed by atoms with Crippen LogP contribution >= 0.6 is 0 Å². The Balaban J connectivity index is 2.06. The summed E-state index contributed by atoms with van der Waals surface area (Å²) in [5.41, 5.74) is 0. The molecule has 0 fully saturated rings. The zero-order valence-electron chi connectivity index (χ0n) is 13.7. The second-order valence-corrected chi connectivity index (χ2v) is 5.15. The van der Waals surface area contributed by atoms with Crippen LogP contribution in [0.15, 0.2) is 60.7 Å². The number of para-hydroxylation sites is 2. The summed E-state index contributed by atoms with van der Waals surface area (Å²) < 4.78 is 15.2. The molecular formula is C19H18O6. The van der Waals surface area contributed by atoms with E-state index in [1.54, 1.807) is 60.7 Å². The smallest absolute Gasteiger partial charge is 0.325 e. The molecule has 2 aromatic rings. The van der Waals surface area contributed by atoms with Crippen molar-refractivity contribution in [1.82, 2.24) is 0 Å². The highest BCUT2D eigenvalue weighted by atomic mass is 16.6.